The quantitative estimate of drug-likeness (QED) is 0.726. The molecule has 0 bridgehead atoms. The highest BCUT2D eigenvalue weighted by Crippen LogP contribution is 2.22. The Balaban J connectivity index is 1.48. The summed E-state index contributed by atoms with van der Waals surface area (Å²) >= 11 is 0. The van der Waals surface area contributed by atoms with E-state index in [4.69, 9.17) is 0 Å². The van der Waals surface area contributed by atoms with Gasteiger partial charge in [0.1, 0.15) is 17.0 Å². The highest BCUT2D eigenvalue weighted by atomic mass is 19.1. The molecule has 1 saturated heterocycles. The molecule has 140 valence electrons. The van der Waals surface area contributed by atoms with Gasteiger partial charge >= 0.3 is 0 Å². The second-order valence-corrected chi connectivity index (χ2v) is 6.63. The Kier molecular flexibility index (Phi) is 4.44. The van der Waals surface area contributed by atoms with Crippen molar-refractivity contribution in [3.63, 3.8) is 0 Å². The summed E-state index contributed by atoms with van der Waals surface area (Å²) in [5.41, 5.74) is 0.792. The number of aromatic nitrogens is 4. The van der Waals surface area contributed by atoms with Gasteiger partial charge in [-0.3, -0.25) is 9.48 Å². The van der Waals surface area contributed by atoms with Crippen LogP contribution in [0.2, 0.25) is 0 Å². The maximum atomic E-state index is 14.1. The highest BCUT2D eigenvalue weighted by molar-refractivity contribution is 6.03. The molecule has 0 spiro atoms. The van der Waals surface area contributed by atoms with E-state index in [0.717, 1.165) is 25.3 Å². The van der Waals surface area contributed by atoms with Crippen LogP contribution in [0.15, 0.2) is 30.7 Å². The van der Waals surface area contributed by atoms with Gasteiger partial charge in [-0.15, -0.1) is 0 Å². The molecule has 1 aliphatic rings. The Bertz CT molecular complexity index is 985. The van der Waals surface area contributed by atoms with Crippen molar-refractivity contribution < 1.29 is 9.18 Å². The third-order valence-corrected chi connectivity index (χ3v) is 4.73. The van der Waals surface area contributed by atoms with Gasteiger partial charge in [-0.05, 0) is 25.6 Å². The molecule has 1 fully saturated rings. The highest BCUT2D eigenvalue weighted by Gasteiger charge is 2.22. The van der Waals surface area contributed by atoms with Crippen LogP contribution in [0.5, 0.6) is 0 Å². The second kappa shape index (κ2) is 6.92. The number of halogens is 1. The predicted octanol–water partition coefficient (Wildman–Crippen LogP) is 1.55. The topological polar surface area (TPSA) is 88.0 Å². The molecule has 0 aliphatic carbocycles. The van der Waals surface area contributed by atoms with Crippen LogP contribution in [0.25, 0.3) is 10.9 Å². The molecule has 1 aliphatic heterocycles. The number of carbonyl (C=O) groups is 1. The fraction of sp³-hybridized carbons (Fsp3) is 0.333. The third kappa shape index (κ3) is 3.45. The molecular formula is C18H20FN7O. The monoisotopic (exact) mass is 369 g/mol. The standard InChI is InChI=1S/C18H20FN7O/c1-20-12-3-4-26(10-12)16-8-21-15(7-22-16)18(27)23-13-5-11-9-25(2)24-17(11)14(19)6-13/h5-9,12,20H,3-4,10H2,1-2H3,(H,23,27)/t12-/m1/s1. The van der Waals surface area contributed by atoms with Gasteiger partial charge in [0.2, 0.25) is 0 Å². The minimum Gasteiger partial charge on any atom is -0.354 e. The number of aryl methyl sites for hydroxylation is 1. The number of hydrogen-bond acceptors (Lipinski definition) is 6. The van der Waals surface area contributed by atoms with Gasteiger partial charge in [0.15, 0.2) is 5.82 Å². The normalized spacial score (nSPS) is 16.9. The van der Waals surface area contributed by atoms with Gasteiger partial charge in [0.05, 0.1) is 12.4 Å². The van der Waals surface area contributed by atoms with Crippen molar-refractivity contribution in [1.82, 2.24) is 25.1 Å². The number of amides is 1. The summed E-state index contributed by atoms with van der Waals surface area (Å²) in [6, 6.07) is 3.36. The maximum absolute atomic E-state index is 14.1. The average molecular weight is 369 g/mol. The largest absolute Gasteiger partial charge is 0.354 e. The van der Waals surface area contributed by atoms with Gasteiger partial charge in [0.25, 0.3) is 5.91 Å². The first-order valence-corrected chi connectivity index (χ1v) is 8.72. The van der Waals surface area contributed by atoms with Crippen molar-refractivity contribution >= 4 is 28.3 Å². The first kappa shape index (κ1) is 17.3. The summed E-state index contributed by atoms with van der Waals surface area (Å²) in [5, 5.41) is 10.6. The lowest BCUT2D eigenvalue weighted by molar-refractivity contribution is 0.102. The molecule has 0 saturated carbocycles. The number of anilines is 2. The number of benzene rings is 1. The van der Waals surface area contributed by atoms with Crippen molar-refractivity contribution in [2.45, 2.75) is 12.5 Å². The summed E-state index contributed by atoms with van der Waals surface area (Å²) in [6.45, 7) is 1.76. The molecule has 2 aromatic heterocycles. The van der Waals surface area contributed by atoms with E-state index in [-0.39, 0.29) is 11.2 Å². The van der Waals surface area contributed by atoms with E-state index in [1.54, 1.807) is 25.5 Å². The van der Waals surface area contributed by atoms with Gasteiger partial charge in [0, 0.05) is 43.4 Å². The van der Waals surface area contributed by atoms with E-state index < -0.39 is 11.7 Å². The van der Waals surface area contributed by atoms with Crippen LogP contribution in [0, 0.1) is 5.82 Å². The van der Waals surface area contributed by atoms with Crippen LogP contribution < -0.4 is 15.5 Å². The molecule has 0 radical (unpaired) electrons. The molecule has 3 aromatic rings. The zero-order chi connectivity index (χ0) is 19.0. The fourth-order valence-corrected chi connectivity index (χ4v) is 3.29. The Morgan fingerprint density at radius 1 is 1.30 bits per heavy atom. The van der Waals surface area contributed by atoms with Crippen LogP contribution in [0.3, 0.4) is 0 Å². The van der Waals surface area contributed by atoms with Crippen LogP contribution in [0.1, 0.15) is 16.9 Å². The molecule has 1 atom stereocenters. The molecule has 27 heavy (non-hydrogen) atoms. The Labute approximate surface area is 155 Å². The number of nitrogens with one attached hydrogen (secondary N) is 2. The Hall–Kier alpha value is -3.07. The zero-order valence-electron chi connectivity index (χ0n) is 15.1. The summed E-state index contributed by atoms with van der Waals surface area (Å²) < 4.78 is 15.7. The molecule has 4 rings (SSSR count). The lowest BCUT2D eigenvalue weighted by Crippen LogP contribution is -2.30. The molecular weight excluding hydrogens is 349 g/mol. The van der Waals surface area contributed by atoms with Crippen molar-refractivity contribution in [3.8, 4) is 0 Å². The zero-order valence-corrected chi connectivity index (χ0v) is 15.1. The smallest absolute Gasteiger partial charge is 0.275 e. The summed E-state index contributed by atoms with van der Waals surface area (Å²) in [5.74, 6) is -0.184. The van der Waals surface area contributed by atoms with E-state index in [2.05, 4.69) is 30.6 Å². The number of rotatable bonds is 4. The predicted molar refractivity (Wildman–Crippen MR) is 100 cm³/mol. The van der Waals surface area contributed by atoms with Crippen LogP contribution in [-0.4, -0.2) is 51.8 Å². The van der Waals surface area contributed by atoms with E-state index in [9.17, 15) is 9.18 Å². The molecule has 9 heteroatoms. The fourth-order valence-electron chi connectivity index (χ4n) is 3.29. The van der Waals surface area contributed by atoms with Crippen LogP contribution >= 0.6 is 0 Å². The van der Waals surface area contributed by atoms with Crippen molar-refractivity contribution in [3.05, 3.63) is 42.2 Å². The number of carbonyl (C=O) groups excluding carboxylic acids is 1. The lowest BCUT2D eigenvalue weighted by Gasteiger charge is -2.16. The summed E-state index contributed by atoms with van der Waals surface area (Å²) in [6.07, 6.45) is 5.77. The Morgan fingerprint density at radius 3 is 2.85 bits per heavy atom. The first-order chi connectivity index (χ1) is 13.0. The van der Waals surface area contributed by atoms with Crippen molar-refractivity contribution in [2.75, 3.05) is 30.4 Å². The number of fused-ring (bicyclic) bond motifs is 1. The lowest BCUT2D eigenvalue weighted by atomic mass is 10.2. The minimum absolute atomic E-state index is 0.176. The van der Waals surface area contributed by atoms with Crippen LogP contribution in [0.4, 0.5) is 15.9 Å². The minimum atomic E-state index is -0.488. The van der Waals surface area contributed by atoms with Gasteiger partial charge < -0.3 is 15.5 Å². The molecule has 3 heterocycles. The van der Waals surface area contributed by atoms with Crippen molar-refractivity contribution in [1.29, 1.82) is 0 Å². The number of hydrogen-bond donors (Lipinski definition) is 2. The molecule has 1 amide bonds. The SMILES string of the molecule is CN[C@@H]1CCN(c2cnc(C(=O)Nc3cc(F)c4nn(C)cc4c3)cn2)C1. The van der Waals surface area contributed by atoms with E-state index in [1.165, 1.54) is 16.9 Å². The Morgan fingerprint density at radius 2 is 2.15 bits per heavy atom. The first-order valence-electron chi connectivity index (χ1n) is 8.72. The number of likely N-dealkylation sites (N-methyl/N-ethyl adjacent to an activating group) is 1. The molecule has 0 unspecified atom stereocenters. The molecule has 1 aromatic carbocycles. The summed E-state index contributed by atoms with van der Waals surface area (Å²) in [7, 11) is 3.66. The summed E-state index contributed by atoms with van der Waals surface area (Å²) in [4.78, 5) is 23.1. The van der Waals surface area contributed by atoms with E-state index >= 15 is 0 Å². The molecule has 2 N–H and O–H groups in total. The maximum Gasteiger partial charge on any atom is 0.275 e. The van der Waals surface area contributed by atoms with Gasteiger partial charge in [-0.1, -0.05) is 0 Å². The third-order valence-electron chi connectivity index (χ3n) is 4.73. The van der Waals surface area contributed by atoms with Gasteiger partial charge in [-0.25, -0.2) is 14.4 Å². The van der Waals surface area contributed by atoms with Gasteiger partial charge in [-0.2, -0.15) is 5.10 Å². The average Bonchev–Trinajstić information content (AvgIpc) is 3.28. The van der Waals surface area contributed by atoms with E-state index in [0.29, 0.717) is 17.1 Å². The van der Waals surface area contributed by atoms with Crippen molar-refractivity contribution in [2.24, 2.45) is 7.05 Å². The van der Waals surface area contributed by atoms with E-state index in [1.807, 2.05) is 7.05 Å². The second-order valence-electron chi connectivity index (χ2n) is 6.63. The van der Waals surface area contributed by atoms with Crippen LogP contribution in [-0.2, 0) is 7.05 Å². The number of nitrogens with zero attached hydrogens (tertiary/aromatic N) is 5. The molecule has 8 nitrogen and oxygen atoms in total.